The van der Waals surface area contributed by atoms with E-state index in [-0.39, 0.29) is 34.4 Å². The van der Waals surface area contributed by atoms with Crippen molar-refractivity contribution in [3.63, 3.8) is 0 Å². The van der Waals surface area contributed by atoms with Gasteiger partial charge in [0.05, 0.1) is 14.8 Å². The minimum atomic E-state index is -3.65. The van der Waals surface area contributed by atoms with Crippen LogP contribution in [-0.4, -0.2) is 26.4 Å². The Morgan fingerprint density at radius 2 is 1.79 bits per heavy atom. The Bertz CT molecular complexity index is 844. The molecule has 0 saturated heterocycles. The Kier molecular flexibility index (Phi) is 6.16. The van der Waals surface area contributed by atoms with E-state index in [2.05, 4.69) is 26.0 Å². The number of sulfonamides is 1. The molecular formula is C14H13BrClN3O4S. The zero-order valence-corrected chi connectivity index (χ0v) is 15.4. The van der Waals surface area contributed by atoms with Gasteiger partial charge in [0, 0.05) is 23.6 Å². The van der Waals surface area contributed by atoms with Crippen molar-refractivity contribution in [1.82, 2.24) is 4.72 Å². The monoisotopic (exact) mass is 433 g/mol. The lowest BCUT2D eigenvalue weighted by atomic mass is 10.2. The second kappa shape index (κ2) is 7.93. The number of nitrogens with one attached hydrogen (secondary N) is 2. The van der Waals surface area contributed by atoms with E-state index in [9.17, 15) is 18.5 Å². The zero-order valence-electron chi connectivity index (χ0n) is 12.2. The lowest BCUT2D eigenvalue weighted by Gasteiger charge is -2.10. The smallest absolute Gasteiger partial charge is 0.293 e. The van der Waals surface area contributed by atoms with Crippen LogP contribution in [0.4, 0.5) is 11.4 Å². The molecule has 0 aliphatic rings. The number of hydrogen-bond acceptors (Lipinski definition) is 5. The number of benzene rings is 2. The summed E-state index contributed by atoms with van der Waals surface area (Å²) >= 11 is 9.18. The highest BCUT2D eigenvalue weighted by molar-refractivity contribution is 9.10. The third-order valence-corrected chi connectivity index (χ3v) is 5.35. The number of rotatable bonds is 7. The van der Waals surface area contributed by atoms with Crippen molar-refractivity contribution in [2.24, 2.45) is 0 Å². The zero-order chi connectivity index (χ0) is 17.7. The van der Waals surface area contributed by atoms with Crippen LogP contribution in [0.2, 0.25) is 5.02 Å². The molecule has 0 bridgehead atoms. The van der Waals surface area contributed by atoms with Crippen molar-refractivity contribution < 1.29 is 13.3 Å². The van der Waals surface area contributed by atoms with Gasteiger partial charge in [-0.3, -0.25) is 10.1 Å². The number of halogens is 2. The summed E-state index contributed by atoms with van der Waals surface area (Å²) < 4.78 is 27.4. The van der Waals surface area contributed by atoms with Crippen molar-refractivity contribution in [2.75, 3.05) is 18.4 Å². The molecule has 2 rings (SSSR count). The summed E-state index contributed by atoms with van der Waals surface area (Å²) in [5, 5.41) is 14.0. The van der Waals surface area contributed by atoms with E-state index >= 15 is 0 Å². The number of nitrogens with zero attached hydrogens (tertiary/aromatic N) is 1. The lowest BCUT2D eigenvalue weighted by molar-refractivity contribution is -0.383. The van der Waals surface area contributed by atoms with Crippen molar-refractivity contribution in [1.29, 1.82) is 0 Å². The molecule has 0 radical (unpaired) electrons. The van der Waals surface area contributed by atoms with Crippen LogP contribution >= 0.6 is 27.5 Å². The molecule has 0 aliphatic carbocycles. The quantitative estimate of drug-likeness (QED) is 0.395. The molecule has 7 nitrogen and oxygen atoms in total. The molecular weight excluding hydrogens is 422 g/mol. The summed E-state index contributed by atoms with van der Waals surface area (Å²) in [7, 11) is -3.65. The van der Waals surface area contributed by atoms with Gasteiger partial charge >= 0.3 is 0 Å². The summed E-state index contributed by atoms with van der Waals surface area (Å²) in [5.74, 6) is 0. The van der Waals surface area contributed by atoms with Gasteiger partial charge in [0.15, 0.2) is 0 Å². The third-order valence-electron chi connectivity index (χ3n) is 3.03. The standard InChI is InChI=1S/C14H13BrClN3O4S/c15-10-4-6-11(7-5-10)24(22,23)18-9-8-17-14-12(16)2-1-3-13(14)19(20)21/h1-7,17-18H,8-9H2. The van der Waals surface area contributed by atoms with E-state index in [1.54, 1.807) is 12.1 Å². The van der Waals surface area contributed by atoms with Gasteiger partial charge in [-0.2, -0.15) is 0 Å². The van der Waals surface area contributed by atoms with Crippen LogP contribution in [0.15, 0.2) is 51.8 Å². The summed E-state index contributed by atoms with van der Waals surface area (Å²) in [5.41, 5.74) is -0.00901. The van der Waals surface area contributed by atoms with Gasteiger partial charge in [0.1, 0.15) is 5.69 Å². The Labute approximate surface area is 152 Å². The fourth-order valence-electron chi connectivity index (χ4n) is 1.91. The van der Waals surface area contributed by atoms with Crippen LogP contribution in [-0.2, 0) is 10.0 Å². The lowest BCUT2D eigenvalue weighted by Crippen LogP contribution is -2.29. The average molecular weight is 435 g/mol. The van der Waals surface area contributed by atoms with Crippen LogP contribution in [0.5, 0.6) is 0 Å². The molecule has 2 aromatic carbocycles. The first-order chi connectivity index (χ1) is 11.3. The average Bonchev–Trinajstić information content (AvgIpc) is 2.52. The molecule has 0 aromatic heterocycles. The second-order valence-electron chi connectivity index (χ2n) is 4.67. The number of hydrogen-bond donors (Lipinski definition) is 2. The molecule has 128 valence electrons. The Hall–Kier alpha value is -1.68. The number of anilines is 1. The molecule has 0 aliphatic heterocycles. The first-order valence-corrected chi connectivity index (χ1v) is 9.38. The van der Waals surface area contributed by atoms with E-state index in [1.807, 2.05) is 0 Å². The van der Waals surface area contributed by atoms with E-state index < -0.39 is 14.9 Å². The van der Waals surface area contributed by atoms with Gasteiger partial charge in [-0.15, -0.1) is 0 Å². The van der Waals surface area contributed by atoms with Crippen LogP contribution in [0.25, 0.3) is 0 Å². The molecule has 2 N–H and O–H groups in total. The van der Waals surface area contributed by atoms with Gasteiger partial charge in [-0.1, -0.05) is 33.6 Å². The Morgan fingerprint density at radius 1 is 1.12 bits per heavy atom. The van der Waals surface area contributed by atoms with Crippen molar-refractivity contribution in [2.45, 2.75) is 4.90 Å². The van der Waals surface area contributed by atoms with E-state index in [1.165, 1.54) is 30.3 Å². The SMILES string of the molecule is O=[N+]([O-])c1cccc(Cl)c1NCCNS(=O)(=O)c1ccc(Br)cc1. The molecule has 0 saturated carbocycles. The second-order valence-corrected chi connectivity index (χ2v) is 7.76. The van der Waals surface area contributed by atoms with Gasteiger partial charge < -0.3 is 5.32 Å². The minimum Gasteiger partial charge on any atom is -0.377 e. The predicted molar refractivity (Wildman–Crippen MR) is 95.9 cm³/mol. The highest BCUT2D eigenvalue weighted by Gasteiger charge is 2.17. The fraction of sp³-hybridized carbons (Fsp3) is 0.143. The highest BCUT2D eigenvalue weighted by Crippen LogP contribution is 2.31. The maximum Gasteiger partial charge on any atom is 0.293 e. The molecule has 0 atom stereocenters. The summed E-state index contributed by atoms with van der Waals surface area (Å²) in [6, 6.07) is 10.5. The molecule has 24 heavy (non-hydrogen) atoms. The van der Waals surface area contributed by atoms with Gasteiger partial charge in [0.2, 0.25) is 10.0 Å². The fourth-order valence-corrected chi connectivity index (χ4v) is 3.44. The van der Waals surface area contributed by atoms with Crippen LogP contribution in [0.3, 0.4) is 0 Å². The number of para-hydroxylation sites is 1. The molecule has 2 aromatic rings. The first kappa shape index (κ1) is 18.7. The number of nitro groups is 1. The first-order valence-electron chi connectivity index (χ1n) is 6.73. The maximum atomic E-state index is 12.1. The topological polar surface area (TPSA) is 101 Å². The molecule has 0 fully saturated rings. The maximum absolute atomic E-state index is 12.1. The summed E-state index contributed by atoms with van der Waals surface area (Å²) in [4.78, 5) is 10.5. The Balaban J connectivity index is 1.98. The molecule has 0 amide bonds. The van der Waals surface area contributed by atoms with Gasteiger partial charge in [0.25, 0.3) is 5.69 Å². The largest absolute Gasteiger partial charge is 0.377 e. The predicted octanol–water partition coefficient (Wildman–Crippen LogP) is 3.40. The van der Waals surface area contributed by atoms with E-state index in [0.29, 0.717) is 0 Å². The van der Waals surface area contributed by atoms with Gasteiger partial charge in [-0.25, -0.2) is 13.1 Å². The van der Waals surface area contributed by atoms with E-state index in [4.69, 9.17) is 11.6 Å². The minimum absolute atomic E-state index is 0.0424. The van der Waals surface area contributed by atoms with Crippen molar-refractivity contribution >= 4 is 48.9 Å². The Morgan fingerprint density at radius 3 is 2.42 bits per heavy atom. The van der Waals surface area contributed by atoms with Crippen LogP contribution < -0.4 is 10.0 Å². The molecule has 10 heteroatoms. The van der Waals surface area contributed by atoms with Crippen LogP contribution in [0, 0.1) is 10.1 Å². The van der Waals surface area contributed by atoms with Crippen molar-refractivity contribution in [3.05, 3.63) is 62.1 Å². The summed E-state index contributed by atoms with van der Waals surface area (Å²) in [6.45, 7) is 0.182. The highest BCUT2D eigenvalue weighted by atomic mass is 79.9. The molecule has 0 unspecified atom stereocenters. The molecule has 0 heterocycles. The third kappa shape index (κ3) is 4.67. The normalized spacial score (nSPS) is 11.2. The molecule has 0 spiro atoms. The van der Waals surface area contributed by atoms with Gasteiger partial charge in [-0.05, 0) is 30.3 Å². The van der Waals surface area contributed by atoms with Crippen molar-refractivity contribution in [3.8, 4) is 0 Å². The summed E-state index contributed by atoms with van der Waals surface area (Å²) in [6.07, 6.45) is 0. The number of nitro benzene ring substituents is 1. The van der Waals surface area contributed by atoms with E-state index in [0.717, 1.165) is 4.47 Å². The van der Waals surface area contributed by atoms with Crippen LogP contribution in [0.1, 0.15) is 0 Å².